The molecular weight excluding hydrogens is 839 g/mol. The van der Waals surface area contributed by atoms with Crippen LogP contribution in [0.15, 0.2) is 109 Å². The number of ether oxygens (including phenoxy) is 3. The van der Waals surface area contributed by atoms with Gasteiger partial charge in [-0.3, -0.25) is 19.2 Å². The lowest BCUT2D eigenvalue weighted by molar-refractivity contribution is -0.118. The summed E-state index contributed by atoms with van der Waals surface area (Å²) in [5.41, 5.74) is 4.02. The molecule has 0 fully saturated rings. The summed E-state index contributed by atoms with van der Waals surface area (Å²) in [5, 5.41) is 52.4. The molecule has 1 heterocycles. The van der Waals surface area contributed by atoms with Crippen molar-refractivity contribution in [2.75, 3.05) is 37.3 Å². The molecule has 65 heavy (non-hydrogen) atoms. The fourth-order valence-corrected chi connectivity index (χ4v) is 6.63. The first-order valence-corrected chi connectivity index (χ1v) is 19.9. The molecule has 0 saturated heterocycles. The number of amides is 4. The summed E-state index contributed by atoms with van der Waals surface area (Å²) < 4.78 is 15.4. The fourth-order valence-electron chi connectivity index (χ4n) is 6.63. The van der Waals surface area contributed by atoms with E-state index in [1.54, 1.807) is 55.5 Å². The number of aromatic amines is 1. The number of phenolic OH excluding ortho intramolecular Hbond substituents is 3. The number of anilines is 3. The number of esters is 1. The number of benzene rings is 5. The molecule has 6 rings (SSSR count). The molecule has 0 radical (unpaired) electrons. The minimum absolute atomic E-state index is 0.0317. The minimum Gasteiger partial charge on any atom is -0.508 e. The molecule has 0 aliphatic heterocycles. The lowest BCUT2D eigenvalue weighted by Crippen LogP contribution is -2.45. The van der Waals surface area contributed by atoms with Gasteiger partial charge in [-0.25, -0.2) is 4.79 Å². The van der Waals surface area contributed by atoms with Crippen molar-refractivity contribution in [3.8, 4) is 28.7 Å². The molecular formula is C47H45N7O11. The topological polar surface area (TPSA) is 263 Å². The third-order valence-electron chi connectivity index (χ3n) is 10.1. The van der Waals surface area contributed by atoms with Crippen molar-refractivity contribution < 1.29 is 53.5 Å². The van der Waals surface area contributed by atoms with Gasteiger partial charge in [0.15, 0.2) is 23.0 Å². The molecule has 4 amide bonds. The van der Waals surface area contributed by atoms with Crippen LogP contribution >= 0.6 is 0 Å². The van der Waals surface area contributed by atoms with Gasteiger partial charge >= 0.3 is 5.97 Å². The van der Waals surface area contributed by atoms with Crippen LogP contribution in [0.4, 0.5) is 17.1 Å². The molecule has 5 aromatic carbocycles. The van der Waals surface area contributed by atoms with Crippen molar-refractivity contribution >= 4 is 52.7 Å². The Hall–Kier alpha value is -8.67. The van der Waals surface area contributed by atoms with Crippen LogP contribution in [0.2, 0.25) is 0 Å². The van der Waals surface area contributed by atoms with Gasteiger partial charge in [-0.2, -0.15) is 15.4 Å². The smallest absolute Gasteiger partial charge is 0.341 e. The van der Waals surface area contributed by atoms with E-state index in [4.69, 9.17) is 9.47 Å². The number of carbonyl (C=O) groups is 5. The van der Waals surface area contributed by atoms with E-state index >= 15 is 0 Å². The lowest BCUT2D eigenvalue weighted by Gasteiger charge is -2.18. The number of nitrogens with zero attached hydrogens (tertiary/aromatic N) is 2. The monoisotopic (exact) mass is 883 g/mol. The van der Waals surface area contributed by atoms with Gasteiger partial charge in [0.1, 0.15) is 17.4 Å². The lowest BCUT2D eigenvalue weighted by atomic mass is 10.0. The van der Waals surface area contributed by atoms with Gasteiger partial charge in [0.05, 0.1) is 44.5 Å². The molecule has 334 valence electrons. The van der Waals surface area contributed by atoms with E-state index in [9.17, 15) is 39.3 Å². The number of aryl methyl sites for hydroxylation is 2. The van der Waals surface area contributed by atoms with E-state index in [-0.39, 0.29) is 52.0 Å². The number of hydrogen-bond donors (Lipinski definition) is 8. The van der Waals surface area contributed by atoms with E-state index in [0.29, 0.717) is 41.0 Å². The molecule has 1 aromatic heterocycles. The van der Waals surface area contributed by atoms with Crippen LogP contribution in [0.1, 0.15) is 60.4 Å². The third kappa shape index (κ3) is 11.4. The summed E-state index contributed by atoms with van der Waals surface area (Å²) >= 11 is 0. The molecule has 18 heteroatoms. The van der Waals surface area contributed by atoms with E-state index in [1.165, 1.54) is 62.9 Å². The Morgan fingerprint density at radius 1 is 0.708 bits per heavy atom. The first kappa shape index (κ1) is 45.8. The highest BCUT2D eigenvalue weighted by Crippen LogP contribution is 2.39. The average molecular weight is 884 g/mol. The Bertz CT molecular complexity index is 2720. The molecule has 0 unspecified atom stereocenters. The van der Waals surface area contributed by atoms with Crippen LogP contribution < -0.4 is 30.7 Å². The minimum atomic E-state index is -1.05. The first-order valence-electron chi connectivity index (χ1n) is 19.9. The molecule has 0 aliphatic rings. The summed E-state index contributed by atoms with van der Waals surface area (Å²) in [7, 11) is 3.78. The Morgan fingerprint density at radius 3 is 2.00 bits per heavy atom. The van der Waals surface area contributed by atoms with Crippen LogP contribution in [-0.2, 0) is 33.6 Å². The van der Waals surface area contributed by atoms with Crippen molar-refractivity contribution in [1.82, 2.24) is 20.7 Å². The van der Waals surface area contributed by atoms with Crippen LogP contribution in [0.5, 0.6) is 28.7 Å². The van der Waals surface area contributed by atoms with Gasteiger partial charge in [0, 0.05) is 28.9 Å². The van der Waals surface area contributed by atoms with E-state index in [2.05, 4.69) is 41.4 Å². The predicted octanol–water partition coefficient (Wildman–Crippen LogP) is 5.78. The highest BCUT2D eigenvalue weighted by Gasteiger charge is 2.25. The molecule has 0 saturated carbocycles. The molecule has 0 aliphatic carbocycles. The van der Waals surface area contributed by atoms with Crippen LogP contribution in [0, 0.1) is 0 Å². The zero-order valence-electron chi connectivity index (χ0n) is 35.6. The van der Waals surface area contributed by atoms with Crippen LogP contribution in [0.3, 0.4) is 0 Å². The van der Waals surface area contributed by atoms with Crippen molar-refractivity contribution in [3.05, 3.63) is 148 Å². The summed E-state index contributed by atoms with van der Waals surface area (Å²) in [6.45, 7) is 1.66. The van der Waals surface area contributed by atoms with Gasteiger partial charge < -0.3 is 50.8 Å². The predicted molar refractivity (Wildman–Crippen MR) is 239 cm³/mol. The number of nitrogens with one attached hydrogen (secondary N) is 5. The largest absolute Gasteiger partial charge is 0.508 e. The third-order valence-corrected chi connectivity index (χ3v) is 10.1. The second kappa shape index (κ2) is 20.9. The summed E-state index contributed by atoms with van der Waals surface area (Å²) in [6, 6.07) is 24.3. The molecule has 1 atom stereocenters. The standard InChI is InChI=1S/C47H45N7O11/c1-26(23-28-8-18-34(55)19-9-28)43(58)49-32-16-11-30(12-17-32)44(59)52-38(24-33-25-48-54-53-33)46(61)50-31-14-6-27(7-15-31)5-10-29-13-20-35(39(56)41(29)63-2)45(60)51-37-22-21-36(47(62)65-4)40(57)42(37)64-3/h6-9,11-23,25,38,55-57H,5,10,24H2,1-4H3,(H,49,58)(H,50,61)(H,51,60)(H,52,59)(H,48,53,54)/b26-23+/t38-/m0/s1. The summed E-state index contributed by atoms with van der Waals surface area (Å²) in [4.78, 5) is 65.0. The Kier molecular flexibility index (Phi) is 14.8. The van der Waals surface area contributed by atoms with Crippen LogP contribution in [-0.4, -0.2) is 87.7 Å². The maximum atomic E-state index is 13.6. The SMILES string of the molecule is COC(=O)c1ccc(NC(=O)c2ccc(CCc3ccc(NC(=O)[C@H](Cc4cn[nH]n4)NC(=O)c4ccc(NC(=O)/C(C)=C/c5ccc(O)cc5)cc4)cc3)c(OC)c2O)c(OC)c1O. The number of carbonyl (C=O) groups excluding carboxylic acids is 5. The van der Waals surface area contributed by atoms with Crippen molar-refractivity contribution in [2.45, 2.75) is 32.2 Å². The second-order valence-electron chi connectivity index (χ2n) is 14.5. The number of aromatic hydroxyl groups is 3. The normalized spacial score (nSPS) is 11.5. The van der Waals surface area contributed by atoms with E-state index in [0.717, 1.165) is 18.2 Å². The first-order chi connectivity index (χ1) is 31.3. The Morgan fingerprint density at radius 2 is 1.35 bits per heavy atom. The Balaban J connectivity index is 1.06. The number of hydrogen-bond acceptors (Lipinski definition) is 13. The van der Waals surface area contributed by atoms with Gasteiger partial charge in [0.25, 0.3) is 17.7 Å². The summed E-state index contributed by atoms with van der Waals surface area (Å²) in [5.74, 6) is -3.83. The maximum Gasteiger partial charge on any atom is 0.341 e. The number of aromatic nitrogens is 3. The average Bonchev–Trinajstić information content (AvgIpc) is 3.82. The van der Waals surface area contributed by atoms with E-state index < -0.39 is 41.2 Å². The quantitative estimate of drug-likeness (QED) is 0.0399. The molecule has 18 nitrogen and oxygen atoms in total. The number of phenols is 3. The fraction of sp³-hybridized carbons (Fsp3) is 0.170. The van der Waals surface area contributed by atoms with Crippen LogP contribution in [0.25, 0.3) is 6.08 Å². The van der Waals surface area contributed by atoms with Gasteiger partial charge in [0.2, 0.25) is 5.91 Å². The molecule has 8 N–H and O–H groups in total. The highest BCUT2D eigenvalue weighted by molar-refractivity contribution is 6.09. The Labute approximate surface area is 372 Å². The molecule has 0 spiro atoms. The number of H-pyrrole nitrogens is 1. The summed E-state index contributed by atoms with van der Waals surface area (Å²) in [6.07, 6.45) is 4.05. The van der Waals surface area contributed by atoms with Crippen molar-refractivity contribution in [2.24, 2.45) is 0 Å². The zero-order chi connectivity index (χ0) is 46.6. The number of methoxy groups -OCH3 is 3. The van der Waals surface area contributed by atoms with E-state index in [1.807, 2.05) is 12.1 Å². The van der Waals surface area contributed by atoms with Gasteiger partial charge in [-0.15, -0.1) is 0 Å². The maximum absolute atomic E-state index is 13.6. The van der Waals surface area contributed by atoms with Crippen molar-refractivity contribution in [3.63, 3.8) is 0 Å². The second-order valence-corrected chi connectivity index (χ2v) is 14.5. The van der Waals surface area contributed by atoms with Gasteiger partial charge in [-0.05, 0) is 109 Å². The van der Waals surface area contributed by atoms with Crippen molar-refractivity contribution in [1.29, 1.82) is 0 Å². The zero-order valence-corrected chi connectivity index (χ0v) is 35.6. The molecule has 6 aromatic rings. The highest BCUT2D eigenvalue weighted by atomic mass is 16.5. The van der Waals surface area contributed by atoms with Gasteiger partial charge in [-0.1, -0.05) is 30.3 Å². The number of rotatable bonds is 17. The molecule has 0 bridgehead atoms.